The maximum Gasteiger partial charge on any atom is 0.274 e. The van der Waals surface area contributed by atoms with Gasteiger partial charge in [-0.2, -0.15) is 10.2 Å². The average Bonchev–Trinajstić information content (AvgIpc) is 3.27. The molecule has 0 aliphatic rings. The monoisotopic (exact) mass is 342 g/mol. The van der Waals surface area contributed by atoms with E-state index in [1.165, 1.54) is 15.6 Å². The van der Waals surface area contributed by atoms with E-state index in [9.17, 15) is 9.59 Å². The smallest absolute Gasteiger partial charge is 0.274 e. The van der Waals surface area contributed by atoms with Gasteiger partial charge in [0.15, 0.2) is 5.69 Å². The molecule has 3 rings (SSSR count). The lowest BCUT2D eigenvalue weighted by Crippen LogP contribution is -2.25. The van der Waals surface area contributed by atoms with E-state index in [0.717, 1.165) is 5.69 Å². The lowest BCUT2D eigenvalue weighted by molar-refractivity contribution is -0.116. The minimum absolute atomic E-state index is 0.0518. The molecule has 0 aromatic carbocycles. The van der Waals surface area contributed by atoms with E-state index in [1.807, 2.05) is 13.0 Å². The van der Waals surface area contributed by atoms with Crippen LogP contribution < -0.4 is 10.6 Å². The number of nitrogens with zero attached hydrogens (tertiary/aromatic N) is 4. The number of rotatable bonds is 6. The van der Waals surface area contributed by atoms with Crippen molar-refractivity contribution < 1.29 is 14.0 Å². The molecule has 0 saturated heterocycles. The number of hydrogen-bond acceptors (Lipinski definition) is 5. The van der Waals surface area contributed by atoms with Crippen LogP contribution in [0.1, 0.15) is 21.9 Å². The molecule has 0 aliphatic heterocycles. The van der Waals surface area contributed by atoms with Gasteiger partial charge in [-0.3, -0.25) is 19.0 Å². The number of aromatic nitrogens is 4. The fraction of sp³-hybridized carbons (Fsp3) is 0.250. The van der Waals surface area contributed by atoms with Crippen molar-refractivity contribution in [2.45, 2.75) is 20.0 Å². The Labute approximate surface area is 143 Å². The van der Waals surface area contributed by atoms with Gasteiger partial charge in [-0.25, -0.2) is 0 Å². The molecular weight excluding hydrogens is 324 g/mol. The summed E-state index contributed by atoms with van der Waals surface area (Å²) in [5.41, 5.74) is 1.31. The lowest BCUT2D eigenvalue weighted by Gasteiger charge is -2.06. The SMILES string of the molecule is Cc1ccn(CC(=O)Nc2cn(C)nc2C(=O)NCc2ccco2)n1. The van der Waals surface area contributed by atoms with E-state index in [1.54, 1.807) is 31.6 Å². The van der Waals surface area contributed by atoms with Crippen LogP contribution in [0.2, 0.25) is 0 Å². The molecule has 0 spiro atoms. The Balaban J connectivity index is 1.65. The van der Waals surface area contributed by atoms with Crippen LogP contribution in [0, 0.1) is 6.92 Å². The van der Waals surface area contributed by atoms with Crippen molar-refractivity contribution in [1.82, 2.24) is 24.9 Å². The van der Waals surface area contributed by atoms with Crippen molar-refractivity contribution in [3.63, 3.8) is 0 Å². The zero-order chi connectivity index (χ0) is 17.8. The van der Waals surface area contributed by atoms with Gasteiger partial charge in [0.2, 0.25) is 5.91 Å². The molecule has 9 nitrogen and oxygen atoms in total. The molecule has 0 saturated carbocycles. The summed E-state index contributed by atoms with van der Waals surface area (Å²) in [6.45, 7) is 2.13. The highest BCUT2D eigenvalue weighted by Gasteiger charge is 2.18. The second kappa shape index (κ2) is 7.04. The number of aryl methyl sites for hydroxylation is 2. The van der Waals surface area contributed by atoms with E-state index >= 15 is 0 Å². The molecule has 0 bridgehead atoms. The molecule has 130 valence electrons. The first kappa shape index (κ1) is 16.5. The van der Waals surface area contributed by atoms with E-state index in [-0.39, 0.29) is 24.7 Å². The van der Waals surface area contributed by atoms with Crippen LogP contribution in [-0.4, -0.2) is 31.4 Å². The Morgan fingerprint density at radius 1 is 1.28 bits per heavy atom. The number of hydrogen-bond donors (Lipinski definition) is 2. The van der Waals surface area contributed by atoms with Crippen LogP contribution in [0.25, 0.3) is 0 Å². The fourth-order valence-corrected chi connectivity index (χ4v) is 2.30. The second-order valence-corrected chi connectivity index (χ2v) is 5.53. The highest BCUT2D eigenvalue weighted by molar-refractivity contribution is 6.02. The summed E-state index contributed by atoms with van der Waals surface area (Å²) in [4.78, 5) is 24.5. The number of amides is 2. The van der Waals surface area contributed by atoms with E-state index < -0.39 is 5.91 Å². The summed E-state index contributed by atoms with van der Waals surface area (Å²) in [6.07, 6.45) is 4.83. The van der Waals surface area contributed by atoms with E-state index in [4.69, 9.17) is 4.42 Å². The predicted molar refractivity (Wildman–Crippen MR) is 88.7 cm³/mol. The predicted octanol–water partition coefficient (Wildman–Crippen LogP) is 1.09. The van der Waals surface area contributed by atoms with Gasteiger partial charge in [0.05, 0.1) is 24.2 Å². The van der Waals surface area contributed by atoms with Gasteiger partial charge >= 0.3 is 0 Å². The maximum atomic E-state index is 12.3. The van der Waals surface area contributed by atoms with Gasteiger partial charge in [-0.05, 0) is 25.1 Å². The zero-order valence-corrected chi connectivity index (χ0v) is 13.9. The van der Waals surface area contributed by atoms with Crippen LogP contribution >= 0.6 is 0 Å². The van der Waals surface area contributed by atoms with Crippen LogP contribution in [0.15, 0.2) is 41.3 Å². The standard InChI is InChI=1S/C16H18N6O3/c1-11-5-6-22(19-11)10-14(23)18-13-9-21(2)20-15(13)16(24)17-8-12-4-3-7-25-12/h3-7,9H,8,10H2,1-2H3,(H,17,24)(H,18,23). The lowest BCUT2D eigenvalue weighted by atomic mass is 10.3. The van der Waals surface area contributed by atoms with Crippen LogP contribution in [-0.2, 0) is 24.9 Å². The Hall–Kier alpha value is -3.36. The Morgan fingerprint density at radius 3 is 2.80 bits per heavy atom. The molecule has 3 aromatic rings. The van der Waals surface area contributed by atoms with Gasteiger partial charge in [0.25, 0.3) is 5.91 Å². The number of anilines is 1. The average molecular weight is 342 g/mol. The maximum absolute atomic E-state index is 12.3. The highest BCUT2D eigenvalue weighted by atomic mass is 16.3. The van der Waals surface area contributed by atoms with E-state index in [2.05, 4.69) is 20.8 Å². The summed E-state index contributed by atoms with van der Waals surface area (Å²) in [5.74, 6) is -0.0673. The topological polar surface area (TPSA) is 107 Å². The molecule has 9 heteroatoms. The molecule has 0 fully saturated rings. The first-order chi connectivity index (χ1) is 12.0. The normalized spacial score (nSPS) is 10.6. The summed E-state index contributed by atoms with van der Waals surface area (Å²) in [5, 5.41) is 13.7. The van der Waals surface area contributed by atoms with E-state index in [0.29, 0.717) is 11.4 Å². The molecule has 0 atom stereocenters. The molecular formula is C16H18N6O3. The summed E-state index contributed by atoms with van der Waals surface area (Å²) < 4.78 is 8.16. The van der Waals surface area contributed by atoms with Crippen LogP contribution in [0.4, 0.5) is 5.69 Å². The van der Waals surface area contributed by atoms with Crippen molar-refractivity contribution in [3.8, 4) is 0 Å². The third kappa shape index (κ3) is 4.14. The van der Waals surface area contributed by atoms with Gasteiger partial charge in [0.1, 0.15) is 12.3 Å². The first-order valence-electron chi connectivity index (χ1n) is 7.65. The third-order valence-electron chi connectivity index (χ3n) is 3.40. The Kier molecular flexibility index (Phi) is 4.64. The van der Waals surface area contributed by atoms with Crippen molar-refractivity contribution in [3.05, 3.63) is 54.0 Å². The number of carbonyl (C=O) groups excluding carboxylic acids is 2. The minimum Gasteiger partial charge on any atom is -0.467 e. The largest absolute Gasteiger partial charge is 0.467 e. The molecule has 3 heterocycles. The van der Waals surface area contributed by atoms with Crippen LogP contribution in [0.3, 0.4) is 0 Å². The molecule has 3 aromatic heterocycles. The van der Waals surface area contributed by atoms with Crippen molar-refractivity contribution in [2.24, 2.45) is 7.05 Å². The fourth-order valence-electron chi connectivity index (χ4n) is 2.30. The van der Waals surface area contributed by atoms with Crippen molar-refractivity contribution >= 4 is 17.5 Å². The third-order valence-corrected chi connectivity index (χ3v) is 3.40. The second-order valence-electron chi connectivity index (χ2n) is 5.53. The zero-order valence-electron chi connectivity index (χ0n) is 13.9. The minimum atomic E-state index is -0.401. The molecule has 0 radical (unpaired) electrons. The molecule has 0 unspecified atom stereocenters. The quantitative estimate of drug-likeness (QED) is 0.697. The van der Waals surface area contributed by atoms with Gasteiger partial charge in [0, 0.05) is 19.4 Å². The molecule has 0 aliphatic carbocycles. The molecule has 2 N–H and O–H groups in total. The summed E-state index contributed by atoms with van der Waals surface area (Å²) in [7, 11) is 1.68. The Morgan fingerprint density at radius 2 is 2.12 bits per heavy atom. The van der Waals surface area contributed by atoms with Crippen LogP contribution in [0.5, 0.6) is 0 Å². The summed E-state index contributed by atoms with van der Waals surface area (Å²) in [6, 6.07) is 5.31. The number of nitrogens with one attached hydrogen (secondary N) is 2. The first-order valence-corrected chi connectivity index (χ1v) is 7.65. The highest BCUT2D eigenvalue weighted by Crippen LogP contribution is 2.13. The number of furan rings is 1. The molecule has 2 amide bonds. The van der Waals surface area contributed by atoms with Crippen molar-refractivity contribution in [1.29, 1.82) is 0 Å². The molecule has 25 heavy (non-hydrogen) atoms. The number of carbonyl (C=O) groups is 2. The Bertz CT molecular complexity index is 878. The van der Waals surface area contributed by atoms with Crippen molar-refractivity contribution in [2.75, 3.05) is 5.32 Å². The van der Waals surface area contributed by atoms with Gasteiger partial charge in [-0.1, -0.05) is 0 Å². The van der Waals surface area contributed by atoms with Gasteiger partial charge < -0.3 is 15.1 Å². The summed E-state index contributed by atoms with van der Waals surface area (Å²) >= 11 is 0. The van der Waals surface area contributed by atoms with Gasteiger partial charge in [-0.15, -0.1) is 0 Å².